The summed E-state index contributed by atoms with van der Waals surface area (Å²) in [6.45, 7) is 2.86. The van der Waals surface area contributed by atoms with E-state index in [1.165, 1.54) is 19.3 Å². The normalized spacial score (nSPS) is 13.8. The summed E-state index contributed by atoms with van der Waals surface area (Å²) in [6.07, 6.45) is 7.20. The molecule has 1 aromatic carbocycles. The van der Waals surface area contributed by atoms with Gasteiger partial charge in [-0.1, -0.05) is 36.4 Å². The molecule has 1 amide bonds. The number of amides is 1. The first kappa shape index (κ1) is 19.9. The van der Waals surface area contributed by atoms with Gasteiger partial charge in [-0.15, -0.1) is 0 Å². The van der Waals surface area contributed by atoms with Crippen molar-refractivity contribution in [2.75, 3.05) is 18.0 Å². The minimum atomic E-state index is -0.373. The summed E-state index contributed by atoms with van der Waals surface area (Å²) in [7, 11) is 0. The fourth-order valence-electron chi connectivity index (χ4n) is 3.72. The van der Waals surface area contributed by atoms with Crippen molar-refractivity contribution in [3.63, 3.8) is 0 Å². The Labute approximate surface area is 176 Å². The van der Waals surface area contributed by atoms with Crippen LogP contribution in [0, 0.1) is 0 Å². The van der Waals surface area contributed by atoms with Crippen molar-refractivity contribution in [2.24, 2.45) is 0 Å². The molecule has 1 aliphatic heterocycles. The van der Waals surface area contributed by atoms with Crippen LogP contribution in [0.15, 0.2) is 71.8 Å². The molecular weight excluding hydrogens is 376 g/mol. The van der Waals surface area contributed by atoms with E-state index < -0.39 is 0 Å². The number of rotatable bonds is 6. The van der Waals surface area contributed by atoms with Crippen molar-refractivity contribution in [3.05, 3.63) is 94.0 Å². The van der Waals surface area contributed by atoms with Crippen LogP contribution < -0.4 is 15.8 Å². The number of hydrogen-bond donors (Lipinski definition) is 1. The van der Waals surface area contributed by atoms with Gasteiger partial charge < -0.3 is 14.8 Å². The van der Waals surface area contributed by atoms with Gasteiger partial charge in [0.2, 0.25) is 0 Å². The molecule has 1 aliphatic rings. The van der Waals surface area contributed by atoms with Gasteiger partial charge in [0.1, 0.15) is 11.4 Å². The summed E-state index contributed by atoms with van der Waals surface area (Å²) in [6, 6.07) is 17.0. The number of nitrogens with one attached hydrogen (secondary N) is 1. The Balaban J connectivity index is 1.39. The number of aromatic nitrogens is 2. The molecule has 6 nitrogen and oxygen atoms in total. The number of benzene rings is 1. The molecule has 3 aromatic rings. The molecule has 3 heterocycles. The van der Waals surface area contributed by atoms with Gasteiger partial charge in [-0.05, 0) is 48.6 Å². The molecule has 30 heavy (non-hydrogen) atoms. The van der Waals surface area contributed by atoms with Crippen LogP contribution in [0.1, 0.15) is 40.7 Å². The molecule has 0 saturated carbocycles. The Kier molecular flexibility index (Phi) is 6.23. The topological polar surface area (TPSA) is 67.2 Å². The van der Waals surface area contributed by atoms with E-state index in [2.05, 4.69) is 15.2 Å². The molecule has 0 radical (unpaired) electrons. The number of piperidine rings is 1. The highest BCUT2D eigenvalue weighted by Gasteiger charge is 2.14. The van der Waals surface area contributed by atoms with Crippen molar-refractivity contribution in [1.82, 2.24) is 14.9 Å². The Morgan fingerprint density at radius 1 is 0.933 bits per heavy atom. The number of carbonyl (C=O) groups excluding carboxylic acids is 1. The minimum absolute atomic E-state index is 0.145. The molecule has 0 atom stereocenters. The second-order valence-electron chi connectivity index (χ2n) is 7.60. The summed E-state index contributed by atoms with van der Waals surface area (Å²) in [5.41, 5.74) is 1.77. The lowest BCUT2D eigenvalue weighted by atomic mass is 10.1. The largest absolute Gasteiger partial charge is 0.357 e. The maximum atomic E-state index is 12.7. The maximum Gasteiger partial charge on any atom is 0.263 e. The van der Waals surface area contributed by atoms with Gasteiger partial charge >= 0.3 is 0 Å². The summed E-state index contributed by atoms with van der Waals surface area (Å²) in [5, 5.41) is 2.84. The molecule has 2 aromatic heterocycles. The number of nitrogens with zero attached hydrogens (tertiary/aromatic N) is 3. The molecule has 4 rings (SSSR count). The number of pyridine rings is 2. The molecule has 0 unspecified atom stereocenters. The highest BCUT2D eigenvalue weighted by atomic mass is 16.2. The van der Waals surface area contributed by atoms with Crippen LogP contribution in [0.25, 0.3) is 0 Å². The first-order valence-corrected chi connectivity index (χ1v) is 10.4. The van der Waals surface area contributed by atoms with Crippen LogP contribution in [-0.4, -0.2) is 28.5 Å². The fraction of sp³-hybridized carbons (Fsp3) is 0.292. The first-order valence-electron chi connectivity index (χ1n) is 10.4. The van der Waals surface area contributed by atoms with Crippen molar-refractivity contribution >= 4 is 11.7 Å². The lowest BCUT2D eigenvalue weighted by molar-refractivity contribution is 0.0949. The van der Waals surface area contributed by atoms with E-state index in [1.54, 1.807) is 29.1 Å². The first-order chi connectivity index (χ1) is 14.7. The van der Waals surface area contributed by atoms with Crippen molar-refractivity contribution in [2.45, 2.75) is 32.4 Å². The van der Waals surface area contributed by atoms with Gasteiger partial charge in [0.25, 0.3) is 11.5 Å². The quantitative estimate of drug-likeness (QED) is 0.688. The lowest BCUT2D eigenvalue weighted by Crippen LogP contribution is -2.32. The standard InChI is InChI=1S/C24H26N4O2/c29-23(21-10-7-15-28(24(21)30)18-19-8-3-1-4-9-19)26-17-20-11-12-22(25-16-20)27-13-5-2-6-14-27/h1,3-4,7-12,15-16H,2,5-6,13-14,17-18H2,(H,26,29). The van der Waals surface area contributed by atoms with Crippen molar-refractivity contribution in [1.29, 1.82) is 0 Å². The maximum absolute atomic E-state index is 12.7. The Hall–Kier alpha value is -3.41. The van der Waals surface area contributed by atoms with E-state index >= 15 is 0 Å². The van der Waals surface area contributed by atoms with Crippen LogP contribution in [-0.2, 0) is 13.1 Å². The second-order valence-corrected chi connectivity index (χ2v) is 7.60. The molecule has 0 aliphatic carbocycles. The van der Waals surface area contributed by atoms with Gasteiger partial charge in [-0.3, -0.25) is 9.59 Å². The summed E-state index contributed by atoms with van der Waals surface area (Å²) < 4.78 is 1.55. The van der Waals surface area contributed by atoms with Gasteiger partial charge in [-0.2, -0.15) is 0 Å². The van der Waals surface area contributed by atoms with E-state index in [-0.39, 0.29) is 17.0 Å². The predicted molar refractivity (Wildman–Crippen MR) is 118 cm³/mol. The Morgan fingerprint density at radius 3 is 2.47 bits per heavy atom. The van der Waals surface area contributed by atoms with Crippen LogP contribution >= 0.6 is 0 Å². The lowest BCUT2D eigenvalue weighted by Gasteiger charge is -2.27. The molecule has 0 bridgehead atoms. The van der Waals surface area contributed by atoms with Crippen LogP contribution in [0.4, 0.5) is 5.82 Å². The highest BCUT2D eigenvalue weighted by molar-refractivity contribution is 5.93. The SMILES string of the molecule is O=C(NCc1ccc(N2CCCCC2)nc1)c1cccn(Cc2ccccc2)c1=O. The number of anilines is 1. The van der Waals surface area contributed by atoms with Gasteiger partial charge in [0, 0.05) is 32.0 Å². The van der Waals surface area contributed by atoms with E-state index in [9.17, 15) is 9.59 Å². The number of carbonyl (C=O) groups is 1. The molecular formula is C24H26N4O2. The zero-order valence-electron chi connectivity index (χ0n) is 17.0. The van der Waals surface area contributed by atoms with E-state index in [0.29, 0.717) is 13.1 Å². The highest BCUT2D eigenvalue weighted by Crippen LogP contribution is 2.17. The van der Waals surface area contributed by atoms with Gasteiger partial charge in [-0.25, -0.2) is 4.98 Å². The molecule has 154 valence electrons. The third-order valence-electron chi connectivity index (χ3n) is 5.40. The third kappa shape index (κ3) is 4.76. The smallest absolute Gasteiger partial charge is 0.263 e. The van der Waals surface area contributed by atoms with Crippen LogP contribution in [0.5, 0.6) is 0 Å². The molecule has 6 heteroatoms. The summed E-state index contributed by atoms with van der Waals surface area (Å²) in [5.74, 6) is 0.610. The zero-order chi connectivity index (χ0) is 20.8. The number of hydrogen-bond acceptors (Lipinski definition) is 4. The predicted octanol–water partition coefficient (Wildman–Crippen LogP) is 3.21. The molecule has 1 N–H and O–H groups in total. The van der Waals surface area contributed by atoms with Crippen LogP contribution in [0.2, 0.25) is 0 Å². The van der Waals surface area contributed by atoms with Gasteiger partial charge in [0.15, 0.2) is 0 Å². The average Bonchev–Trinajstić information content (AvgIpc) is 2.80. The van der Waals surface area contributed by atoms with E-state index in [4.69, 9.17) is 0 Å². The third-order valence-corrected chi connectivity index (χ3v) is 5.40. The molecule has 0 spiro atoms. The molecule has 1 saturated heterocycles. The van der Waals surface area contributed by atoms with E-state index in [1.807, 2.05) is 42.5 Å². The average molecular weight is 402 g/mol. The monoisotopic (exact) mass is 402 g/mol. The Bertz CT molecular complexity index is 1040. The summed E-state index contributed by atoms with van der Waals surface area (Å²) in [4.78, 5) is 32.2. The van der Waals surface area contributed by atoms with E-state index in [0.717, 1.165) is 30.0 Å². The molecule has 1 fully saturated rings. The van der Waals surface area contributed by atoms with Crippen molar-refractivity contribution in [3.8, 4) is 0 Å². The Morgan fingerprint density at radius 2 is 1.73 bits per heavy atom. The summed E-state index contributed by atoms with van der Waals surface area (Å²) >= 11 is 0. The zero-order valence-corrected chi connectivity index (χ0v) is 17.0. The minimum Gasteiger partial charge on any atom is -0.357 e. The van der Waals surface area contributed by atoms with Crippen molar-refractivity contribution < 1.29 is 4.79 Å². The fourth-order valence-corrected chi connectivity index (χ4v) is 3.72. The van der Waals surface area contributed by atoms with Gasteiger partial charge in [0.05, 0.1) is 6.54 Å². The second kappa shape index (κ2) is 9.39. The van der Waals surface area contributed by atoms with Crippen LogP contribution in [0.3, 0.4) is 0 Å².